The third-order valence-corrected chi connectivity index (χ3v) is 3.75. The Kier molecular flexibility index (Phi) is 4.05. The fourth-order valence-corrected chi connectivity index (χ4v) is 2.57. The molecule has 1 N–H and O–H groups in total. The molecule has 108 valence electrons. The summed E-state index contributed by atoms with van der Waals surface area (Å²) in [5, 5.41) is 3.17. The second-order valence-electron chi connectivity index (χ2n) is 5.16. The molecule has 0 atom stereocenters. The highest BCUT2D eigenvalue weighted by molar-refractivity contribution is 5.29. The first-order valence-corrected chi connectivity index (χ1v) is 6.40. The van der Waals surface area contributed by atoms with Gasteiger partial charge in [0.1, 0.15) is 5.82 Å². The lowest BCUT2D eigenvalue weighted by molar-refractivity contribution is -0.140. The molecule has 1 fully saturated rings. The molecule has 0 amide bonds. The summed E-state index contributed by atoms with van der Waals surface area (Å²) in [6.45, 7) is 1.50. The van der Waals surface area contributed by atoms with Crippen LogP contribution in [0.5, 0.6) is 0 Å². The molecule has 0 radical (unpaired) electrons. The zero-order valence-electron chi connectivity index (χ0n) is 10.9. The number of hydrogen-bond acceptors (Lipinski definition) is 1. The lowest BCUT2D eigenvalue weighted by atomic mass is 9.75. The molecular weight excluding hydrogens is 270 g/mol. The monoisotopic (exact) mass is 285 g/mol. The van der Waals surface area contributed by atoms with Crippen molar-refractivity contribution < 1.29 is 17.6 Å². The van der Waals surface area contributed by atoms with E-state index in [1.807, 2.05) is 0 Å². The van der Waals surface area contributed by atoms with E-state index >= 15 is 0 Å². The molecule has 0 saturated carbocycles. The van der Waals surface area contributed by atoms with E-state index in [-0.39, 0.29) is 0 Å². The minimum atomic E-state index is -4.68. The number of hydrogen-bond donors (Lipinski definition) is 1. The number of nitrogens with one attached hydrogen (secondary N) is 1. The smallest absolute Gasteiger partial charge is 0.317 e. The Morgan fingerprint density at radius 3 is 2.45 bits per heavy atom. The summed E-state index contributed by atoms with van der Waals surface area (Å²) < 4.78 is 51.3. The maximum Gasteiger partial charge on any atom is 0.419 e. The Morgan fingerprint density at radius 1 is 1.25 bits per heavy atom. The van der Waals surface area contributed by atoms with Gasteiger partial charge in [0.05, 0.1) is 5.56 Å². The van der Waals surface area contributed by atoms with E-state index in [9.17, 15) is 17.6 Å². The fourth-order valence-electron chi connectivity index (χ4n) is 2.57. The SMILES string of the molecule is C#CC1(Cc2ccc(F)c(C(F)(F)F)c2)CCNCC1. The van der Waals surface area contributed by atoms with Gasteiger partial charge in [-0.3, -0.25) is 0 Å². The molecule has 0 unspecified atom stereocenters. The first kappa shape index (κ1) is 14.9. The zero-order valence-corrected chi connectivity index (χ0v) is 10.9. The van der Waals surface area contributed by atoms with E-state index in [1.54, 1.807) is 0 Å². The van der Waals surface area contributed by atoms with E-state index in [0.717, 1.165) is 25.2 Å². The van der Waals surface area contributed by atoms with Crippen molar-refractivity contribution >= 4 is 0 Å². The van der Waals surface area contributed by atoms with E-state index in [4.69, 9.17) is 6.42 Å². The molecule has 20 heavy (non-hydrogen) atoms. The van der Waals surface area contributed by atoms with Crippen molar-refractivity contribution in [3.8, 4) is 12.3 Å². The second kappa shape index (κ2) is 5.45. The first-order valence-electron chi connectivity index (χ1n) is 6.40. The highest BCUT2D eigenvalue weighted by Gasteiger charge is 2.35. The van der Waals surface area contributed by atoms with Gasteiger partial charge in [-0.15, -0.1) is 6.42 Å². The van der Waals surface area contributed by atoms with Crippen LogP contribution in [0.1, 0.15) is 24.0 Å². The van der Waals surface area contributed by atoms with E-state index in [2.05, 4.69) is 11.2 Å². The summed E-state index contributed by atoms with van der Waals surface area (Å²) in [5.74, 6) is 1.47. The molecule has 1 heterocycles. The molecule has 1 aliphatic heterocycles. The molecule has 0 aromatic heterocycles. The minimum absolute atomic E-state index is 0.342. The molecular formula is C15H15F4N. The molecule has 0 spiro atoms. The molecule has 1 aliphatic rings. The predicted octanol–water partition coefficient (Wildman–Crippen LogP) is 3.39. The van der Waals surface area contributed by atoms with Crippen molar-refractivity contribution in [2.45, 2.75) is 25.4 Å². The average molecular weight is 285 g/mol. The van der Waals surface area contributed by atoms with Crippen LogP contribution in [0.2, 0.25) is 0 Å². The first-order chi connectivity index (χ1) is 9.36. The van der Waals surface area contributed by atoms with Crippen molar-refractivity contribution in [3.63, 3.8) is 0 Å². The lowest BCUT2D eigenvalue weighted by Gasteiger charge is -2.33. The van der Waals surface area contributed by atoms with Crippen LogP contribution in [0.15, 0.2) is 18.2 Å². The topological polar surface area (TPSA) is 12.0 Å². The van der Waals surface area contributed by atoms with Crippen LogP contribution in [-0.4, -0.2) is 13.1 Å². The van der Waals surface area contributed by atoms with E-state index < -0.39 is 23.0 Å². The summed E-state index contributed by atoms with van der Waals surface area (Å²) in [6, 6.07) is 3.12. The molecule has 1 saturated heterocycles. The maximum atomic E-state index is 13.3. The number of halogens is 4. The standard InChI is InChI=1S/C15H15F4N/c1-2-14(5-7-20-8-6-14)10-11-3-4-13(16)12(9-11)15(17,18)19/h1,3-4,9,20H,5-8,10H2. The summed E-state index contributed by atoms with van der Waals surface area (Å²) in [5.41, 5.74) is -1.24. The molecule has 0 bridgehead atoms. The molecule has 1 nitrogen and oxygen atoms in total. The summed E-state index contributed by atoms with van der Waals surface area (Å²) in [7, 11) is 0. The highest BCUT2D eigenvalue weighted by Crippen LogP contribution is 2.36. The predicted molar refractivity (Wildman–Crippen MR) is 68.5 cm³/mol. The van der Waals surface area contributed by atoms with Crippen LogP contribution in [0.25, 0.3) is 0 Å². The second-order valence-corrected chi connectivity index (χ2v) is 5.16. The van der Waals surface area contributed by atoms with Crippen LogP contribution < -0.4 is 5.32 Å². The Hall–Kier alpha value is -1.54. The highest BCUT2D eigenvalue weighted by atomic mass is 19.4. The largest absolute Gasteiger partial charge is 0.419 e. The molecule has 1 aromatic rings. The van der Waals surface area contributed by atoms with Crippen LogP contribution >= 0.6 is 0 Å². The third kappa shape index (κ3) is 3.13. The average Bonchev–Trinajstić information content (AvgIpc) is 2.41. The van der Waals surface area contributed by atoms with Gasteiger partial charge in [-0.25, -0.2) is 4.39 Å². The van der Waals surface area contributed by atoms with Gasteiger partial charge in [-0.05, 0) is 50.0 Å². The molecule has 2 rings (SSSR count). The third-order valence-electron chi connectivity index (χ3n) is 3.75. The number of alkyl halides is 3. The molecule has 0 aliphatic carbocycles. The lowest BCUT2D eigenvalue weighted by Crippen LogP contribution is -2.37. The number of benzene rings is 1. The van der Waals surface area contributed by atoms with Gasteiger partial charge in [-0.2, -0.15) is 13.2 Å². The van der Waals surface area contributed by atoms with Crippen molar-refractivity contribution in [2.75, 3.05) is 13.1 Å². The van der Waals surface area contributed by atoms with Gasteiger partial charge in [0.2, 0.25) is 0 Å². The normalized spacial score (nSPS) is 18.6. The Labute approximate surface area is 115 Å². The van der Waals surface area contributed by atoms with Gasteiger partial charge < -0.3 is 5.32 Å². The Balaban J connectivity index is 2.28. The van der Waals surface area contributed by atoms with E-state index in [1.165, 1.54) is 6.07 Å². The van der Waals surface area contributed by atoms with Gasteiger partial charge >= 0.3 is 6.18 Å². The molecule has 5 heteroatoms. The van der Waals surface area contributed by atoms with Gasteiger partial charge in [0.15, 0.2) is 0 Å². The van der Waals surface area contributed by atoms with Crippen molar-refractivity contribution in [3.05, 3.63) is 35.1 Å². The summed E-state index contributed by atoms with van der Waals surface area (Å²) >= 11 is 0. The van der Waals surface area contributed by atoms with Crippen LogP contribution in [0.3, 0.4) is 0 Å². The maximum absolute atomic E-state index is 13.3. The number of terminal acetylenes is 1. The van der Waals surface area contributed by atoms with Crippen molar-refractivity contribution in [1.82, 2.24) is 5.32 Å². The van der Waals surface area contributed by atoms with Crippen LogP contribution in [0.4, 0.5) is 17.6 Å². The minimum Gasteiger partial charge on any atom is -0.317 e. The van der Waals surface area contributed by atoms with Gasteiger partial charge in [0.25, 0.3) is 0 Å². The van der Waals surface area contributed by atoms with E-state index in [0.29, 0.717) is 24.8 Å². The number of piperidine rings is 1. The number of rotatable bonds is 2. The summed E-state index contributed by atoms with van der Waals surface area (Å²) in [6.07, 6.45) is 2.65. The zero-order chi connectivity index (χ0) is 14.8. The van der Waals surface area contributed by atoms with Gasteiger partial charge in [-0.1, -0.05) is 12.0 Å². The van der Waals surface area contributed by atoms with Crippen LogP contribution in [0, 0.1) is 23.6 Å². The summed E-state index contributed by atoms with van der Waals surface area (Å²) in [4.78, 5) is 0. The Bertz CT molecular complexity index is 522. The quantitative estimate of drug-likeness (QED) is 0.649. The van der Waals surface area contributed by atoms with Crippen molar-refractivity contribution in [1.29, 1.82) is 0 Å². The van der Waals surface area contributed by atoms with Crippen LogP contribution in [-0.2, 0) is 12.6 Å². The molecule has 1 aromatic carbocycles. The fraction of sp³-hybridized carbons (Fsp3) is 0.467. The Morgan fingerprint density at radius 2 is 1.90 bits per heavy atom. The van der Waals surface area contributed by atoms with Crippen molar-refractivity contribution in [2.24, 2.45) is 5.41 Å². The van der Waals surface area contributed by atoms with Gasteiger partial charge in [0, 0.05) is 5.41 Å².